The molecule has 1 aliphatic heterocycles. The molecule has 0 spiro atoms. The highest BCUT2D eigenvalue weighted by Gasteiger charge is 2.39. The predicted molar refractivity (Wildman–Crippen MR) is 74.3 cm³/mol. The molecule has 2 rings (SSSR count). The first-order valence-corrected chi connectivity index (χ1v) is 6.76. The predicted octanol–water partition coefficient (Wildman–Crippen LogP) is 3.03. The number of para-hydroxylation sites is 1. The summed E-state index contributed by atoms with van der Waals surface area (Å²) >= 11 is 0. The first-order chi connectivity index (χ1) is 10.7. The Morgan fingerprint density at radius 1 is 1.48 bits per heavy atom. The fourth-order valence-corrected chi connectivity index (χ4v) is 2.54. The smallest absolute Gasteiger partial charge is 0.423 e. The van der Waals surface area contributed by atoms with Crippen LogP contribution in [0.5, 0.6) is 0 Å². The van der Waals surface area contributed by atoms with Gasteiger partial charge < -0.3 is 15.3 Å². The lowest BCUT2D eigenvalue weighted by Gasteiger charge is -2.15. The van der Waals surface area contributed by atoms with Gasteiger partial charge in [0.15, 0.2) is 0 Å². The van der Waals surface area contributed by atoms with E-state index in [2.05, 4.69) is 5.32 Å². The van der Waals surface area contributed by atoms with Crippen molar-refractivity contribution in [1.29, 1.82) is 0 Å². The van der Waals surface area contributed by atoms with Crippen LogP contribution in [-0.2, 0) is 6.18 Å². The van der Waals surface area contributed by atoms with E-state index < -0.39 is 28.4 Å². The molecule has 10 heteroatoms. The Bertz CT molecular complexity index is 621. The summed E-state index contributed by atoms with van der Waals surface area (Å²) in [5.41, 5.74) is -2.56. The third kappa shape index (κ3) is 3.82. The van der Waals surface area contributed by atoms with Crippen LogP contribution in [-0.4, -0.2) is 40.7 Å². The number of halogens is 3. The molecule has 1 saturated heterocycles. The summed E-state index contributed by atoms with van der Waals surface area (Å²) in [6.07, 6.45) is -5.34. The molecule has 1 amide bonds. The first kappa shape index (κ1) is 16.8. The van der Waals surface area contributed by atoms with E-state index in [0.717, 1.165) is 6.07 Å². The monoisotopic (exact) mass is 333 g/mol. The number of nitro groups is 1. The number of hydrogen-bond donors (Lipinski definition) is 2. The largest absolute Gasteiger partial charge is 0.465 e. The van der Waals surface area contributed by atoms with Gasteiger partial charge in [0.05, 0.1) is 4.92 Å². The number of likely N-dealkylation sites (tertiary alicyclic amines) is 1. The highest BCUT2D eigenvalue weighted by Crippen LogP contribution is 2.40. The number of amides is 1. The summed E-state index contributed by atoms with van der Waals surface area (Å²) in [5.74, 6) is -0.111. The van der Waals surface area contributed by atoms with E-state index in [4.69, 9.17) is 5.11 Å². The molecule has 0 radical (unpaired) electrons. The van der Waals surface area contributed by atoms with Crippen LogP contribution in [0.25, 0.3) is 0 Å². The molecular weight excluding hydrogens is 319 g/mol. The lowest BCUT2D eigenvalue weighted by molar-refractivity contribution is -0.387. The average Bonchev–Trinajstić information content (AvgIpc) is 2.92. The molecule has 7 nitrogen and oxygen atoms in total. The van der Waals surface area contributed by atoms with Crippen molar-refractivity contribution in [3.05, 3.63) is 33.9 Å². The number of nitrogens with one attached hydrogen (secondary N) is 1. The number of benzene rings is 1. The third-order valence-corrected chi connectivity index (χ3v) is 3.66. The number of hydrogen-bond acceptors (Lipinski definition) is 4. The van der Waals surface area contributed by atoms with E-state index >= 15 is 0 Å². The minimum Gasteiger partial charge on any atom is -0.465 e. The normalized spacial score (nSPS) is 18.0. The summed E-state index contributed by atoms with van der Waals surface area (Å²) in [7, 11) is 0. The zero-order chi connectivity index (χ0) is 17.2. The van der Waals surface area contributed by atoms with Gasteiger partial charge in [-0.25, -0.2) is 4.79 Å². The molecule has 1 heterocycles. The first-order valence-electron chi connectivity index (χ1n) is 6.76. The third-order valence-electron chi connectivity index (χ3n) is 3.66. The number of nitro benzene ring substituents is 1. The minimum absolute atomic E-state index is 0.111. The fraction of sp³-hybridized carbons (Fsp3) is 0.462. The highest BCUT2D eigenvalue weighted by molar-refractivity contribution is 5.66. The maximum Gasteiger partial charge on any atom is 0.423 e. The minimum atomic E-state index is -4.83. The van der Waals surface area contributed by atoms with Gasteiger partial charge in [-0.15, -0.1) is 0 Å². The Morgan fingerprint density at radius 2 is 2.17 bits per heavy atom. The Morgan fingerprint density at radius 3 is 2.70 bits per heavy atom. The summed E-state index contributed by atoms with van der Waals surface area (Å²) in [6.45, 7) is 0.743. The van der Waals surface area contributed by atoms with Gasteiger partial charge in [0, 0.05) is 19.6 Å². The molecule has 0 unspecified atom stereocenters. The van der Waals surface area contributed by atoms with Crippen molar-refractivity contribution in [1.82, 2.24) is 4.90 Å². The summed E-state index contributed by atoms with van der Waals surface area (Å²) in [4.78, 5) is 22.0. The molecule has 0 aromatic heterocycles. The van der Waals surface area contributed by atoms with Gasteiger partial charge in [-0.2, -0.15) is 13.2 Å². The molecule has 23 heavy (non-hydrogen) atoms. The van der Waals surface area contributed by atoms with Crippen molar-refractivity contribution in [2.75, 3.05) is 25.0 Å². The van der Waals surface area contributed by atoms with Crippen molar-refractivity contribution >= 4 is 17.5 Å². The van der Waals surface area contributed by atoms with Crippen molar-refractivity contribution in [3.8, 4) is 0 Å². The van der Waals surface area contributed by atoms with Crippen LogP contribution < -0.4 is 5.32 Å². The second kappa shape index (κ2) is 6.31. The molecule has 1 aromatic rings. The van der Waals surface area contributed by atoms with E-state index in [-0.39, 0.29) is 24.7 Å². The topological polar surface area (TPSA) is 95.7 Å². The Labute approximate surface area is 128 Å². The van der Waals surface area contributed by atoms with Crippen LogP contribution in [0.3, 0.4) is 0 Å². The average molecular weight is 333 g/mol. The van der Waals surface area contributed by atoms with Gasteiger partial charge in [0.1, 0.15) is 11.3 Å². The summed E-state index contributed by atoms with van der Waals surface area (Å²) in [6, 6.07) is 2.96. The van der Waals surface area contributed by atoms with E-state index in [9.17, 15) is 28.1 Å². The number of alkyl halides is 3. The zero-order valence-electron chi connectivity index (χ0n) is 11.8. The number of nitrogens with zero attached hydrogens (tertiary/aromatic N) is 2. The van der Waals surface area contributed by atoms with E-state index in [0.29, 0.717) is 19.0 Å². The molecule has 0 aliphatic carbocycles. The number of carboxylic acid groups (broad SMARTS) is 1. The molecule has 1 atom stereocenters. The molecule has 2 N–H and O–H groups in total. The molecular formula is C13H14F3N3O4. The summed E-state index contributed by atoms with van der Waals surface area (Å²) < 4.78 is 38.6. The lowest BCUT2D eigenvalue weighted by Crippen LogP contribution is -2.28. The quantitative estimate of drug-likeness (QED) is 0.652. The highest BCUT2D eigenvalue weighted by atomic mass is 19.4. The van der Waals surface area contributed by atoms with Gasteiger partial charge in [-0.3, -0.25) is 10.1 Å². The molecule has 1 aliphatic rings. The van der Waals surface area contributed by atoms with Gasteiger partial charge in [-0.1, -0.05) is 6.07 Å². The van der Waals surface area contributed by atoms with Crippen LogP contribution >= 0.6 is 0 Å². The Kier molecular flexibility index (Phi) is 4.62. The van der Waals surface area contributed by atoms with Crippen molar-refractivity contribution < 1.29 is 28.0 Å². The molecule has 1 aromatic carbocycles. The Balaban J connectivity index is 2.14. The second-order valence-corrected chi connectivity index (χ2v) is 5.22. The van der Waals surface area contributed by atoms with Gasteiger partial charge in [0.2, 0.25) is 0 Å². The van der Waals surface area contributed by atoms with Crippen LogP contribution in [0.1, 0.15) is 12.0 Å². The van der Waals surface area contributed by atoms with Gasteiger partial charge >= 0.3 is 18.0 Å². The molecule has 0 bridgehead atoms. The van der Waals surface area contributed by atoms with Gasteiger partial charge in [0.25, 0.3) is 0 Å². The van der Waals surface area contributed by atoms with Crippen molar-refractivity contribution in [2.24, 2.45) is 5.92 Å². The fourth-order valence-electron chi connectivity index (χ4n) is 2.54. The number of rotatable bonds is 4. The SMILES string of the molecule is O=C(O)N1CC[C@@H](CNc2cccc(C(F)(F)F)c2[N+](=O)[O-])C1. The zero-order valence-corrected chi connectivity index (χ0v) is 11.8. The molecule has 126 valence electrons. The van der Waals surface area contributed by atoms with E-state index in [1.54, 1.807) is 0 Å². The van der Waals surface area contributed by atoms with Crippen molar-refractivity contribution in [3.63, 3.8) is 0 Å². The number of carbonyl (C=O) groups is 1. The molecule has 0 saturated carbocycles. The van der Waals surface area contributed by atoms with E-state index in [1.807, 2.05) is 0 Å². The summed E-state index contributed by atoms with van der Waals surface area (Å²) in [5, 5.41) is 22.5. The number of anilines is 1. The van der Waals surface area contributed by atoms with Crippen LogP contribution in [0.2, 0.25) is 0 Å². The molecule has 1 fully saturated rings. The van der Waals surface area contributed by atoms with E-state index in [1.165, 1.54) is 11.0 Å². The maximum absolute atomic E-state index is 12.9. The van der Waals surface area contributed by atoms with Crippen molar-refractivity contribution in [2.45, 2.75) is 12.6 Å². The second-order valence-electron chi connectivity index (χ2n) is 5.22. The maximum atomic E-state index is 12.9. The lowest BCUT2D eigenvalue weighted by atomic mass is 10.1. The van der Waals surface area contributed by atoms with Crippen LogP contribution in [0.4, 0.5) is 29.3 Å². The standard InChI is InChI=1S/C13H14F3N3O4/c14-13(15,16)9-2-1-3-10(11(9)19(22)23)17-6-8-4-5-18(7-8)12(20)21/h1-3,8,17H,4-7H2,(H,20,21)/t8-/m0/s1. The van der Waals surface area contributed by atoms with Crippen LogP contribution in [0, 0.1) is 16.0 Å². The van der Waals surface area contributed by atoms with Crippen LogP contribution in [0.15, 0.2) is 18.2 Å². The van der Waals surface area contributed by atoms with Gasteiger partial charge in [-0.05, 0) is 24.5 Å². The Hall–Kier alpha value is -2.52.